The molecular weight excluding hydrogens is 266 g/mol. The molecule has 1 aromatic carbocycles. The lowest BCUT2D eigenvalue weighted by Crippen LogP contribution is -2.36. The summed E-state index contributed by atoms with van der Waals surface area (Å²) in [6.07, 6.45) is 1.32. The second-order valence-electron chi connectivity index (χ2n) is 5.29. The zero-order valence-electron chi connectivity index (χ0n) is 12.2. The van der Waals surface area contributed by atoms with Crippen LogP contribution in [0.1, 0.15) is 17.5 Å². The van der Waals surface area contributed by atoms with Gasteiger partial charge in [0.1, 0.15) is 0 Å². The SMILES string of the molecule is N#Cc1ccc(CC(=O)N2CCCN(CCO)CC2)cc1. The fourth-order valence-corrected chi connectivity index (χ4v) is 2.57. The van der Waals surface area contributed by atoms with Crippen LogP contribution in [0.15, 0.2) is 24.3 Å². The van der Waals surface area contributed by atoms with Crippen LogP contribution >= 0.6 is 0 Å². The van der Waals surface area contributed by atoms with Crippen LogP contribution in [0.2, 0.25) is 0 Å². The van der Waals surface area contributed by atoms with Crippen molar-refractivity contribution in [3.05, 3.63) is 35.4 Å². The number of aliphatic hydroxyl groups is 1. The van der Waals surface area contributed by atoms with Crippen molar-refractivity contribution in [1.82, 2.24) is 9.80 Å². The van der Waals surface area contributed by atoms with Crippen LogP contribution in [0.5, 0.6) is 0 Å². The summed E-state index contributed by atoms with van der Waals surface area (Å²) in [4.78, 5) is 16.4. The summed E-state index contributed by atoms with van der Waals surface area (Å²) >= 11 is 0. The molecule has 112 valence electrons. The van der Waals surface area contributed by atoms with Gasteiger partial charge >= 0.3 is 0 Å². The van der Waals surface area contributed by atoms with E-state index in [0.29, 0.717) is 18.5 Å². The van der Waals surface area contributed by atoms with Gasteiger partial charge in [-0.1, -0.05) is 12.1 Å². The summed E-state index contributed by atoms with van der Waals surface area (Å²) in [6, 6.07) is 9.24. The fraction of sp³-hybridized carbons (Fsp3) is 0.500. The molecule has 1 heterocycles. The average molecular weight is 287 g/mol. The van der Waals surface area contributed by atoms with E-state index in [1.807, 2.05) is 17.0 Å². The summed E-state index contributed by atoms with van der Waals surface area (Å²) in [5, 5.41) is 17.7. The van der Waals surface area contributed by atoms with E-state index in [9.17, 15) is 4.79 Å². The molecule has 1 saturated heterocycles. The van der Waals surface area contributed by atoms with Crippen LogP contribution in [-0.2, 0) is 11.2 Å². The standard InChI is InChI=1S/C16H21N3O2/c17-13-15-4-2-14(3-5-15)12-16(21)19-7-1-6-18(8-9-19)10-11-20/h2-5,20H,1,6-12H2. The maximum absolute atomic E-state index is 12.3. The number of benzene rings is 1. The van der Waals surface area contributed by atoms with Gasteiger partial charge < -0.3 is 10.0 Å². The normalized spacial score (nSPS) is 16.3. The van der Waals surface area contributed by atoms with Gasteiger partial charge in [0.25, 0.3) is 0 Å². The molecule has 0 bridgehead atoms. The molecule has 2 rings (SSSR count). The van der Waals surface area contributed by atoms with Crippen molar-refractivity contribution < 1.29 is 9.90 Å². The monoisotopic (exact) mass is 287 g/mol. The van der Waals surface area contributed by atoms with Crippen molar-refractivity contribution in [2.75, 3.05) is 39.3 Å². The maximum Gasteiger partial charge on any atom is 0.227 e. The number of amides is 1. The summed E-state index contributed by atoms with van der Waals surface area (Å²) in [7, 11) is 0. The highest BCUT2D eigenvalue weighted by Crippen LogP contribution is 2.09. The zero-order valence-corrected chi connectivity index (χ0v) is 12.2. The molecule has 21 heavy (non-hydrogen) atoms. The number of rotatable bonds is 4. The lowest BCUT2D eigenvalue weighted by Gasteiger charge is -2.21. The number of hydrogen-bond acceptors (Lipinski definition) is 4. The van der Waals surface area contributed by atoms with E-state index in [1.54, 1.807) is 12.1 Å². The van der Waals surface area contributed by atoms with Gasteiger partial charge in [-0.15, -0.1) is 0 Å². The number of β-amino-alcohol motifs (C(OH)–C–C–N with tert-alkyl or cyclic N) is 1. The number of carbonyl (C=O) groups excluding carboxylic acids is 1. The highest BCUT2D eigenvalue weighted by atomic mass is 16.3. The summed E-state index contributed by atoms with van der Waals surface area (Å²) in [5.41, 5.74) is 1.55. The van der Waals surface area contributed by atoms with Crippen LogP contribution < -0.4 is 0 Å². The van der Waals surface area contributed by atoms with Crippen molar-refractivity contribution in [1.29, 1.82) is 5.26 Å². The minimum Gasteiger partial charge on any atom is -0.395 e. The zero-order chi connectivity index (χ0) is 15.1. The number of aliphatic hydroxyl groups excluding tert-OH is 1. The maximum atomic E-state index is 12.3. The van der Waals surface area contributed by atoms with E-state index >= 15 is 0 Å². The lowest BCUT2D eigenvalue weighted by molar-refractivity contribution is -0.130. The molecule has 1 aliphatic heterocycles. The number of carbonyl (C=O) groups is 1. The largest absolute Gasteiger partial charge is 0.395 e. The Morgan fingerprint density at radius 1 is 1.19 bits per heavy atom. The van der Waals surface area contributed by atoms with Crippen LogP contribution in [0.25, 0.3) is 0 Å². The number of hydrogen-bond donors (Lipinski definition) is 1. The minimum atomic E-state index is 0.130. The number of nitriles is 1. The van der Waals surface area contributed by atoms with Crippen molar-refractivity contribution in [2.45, 2.75) is 12.8 Å². The van der Waals surface area contributed by atoms with Gasteiger partial charge in [0.05, 0.1) is 24.7 Å². The average Bonchev–Trinajstić information content (AvgIpc) is 2.74. The van der Waals surface area contributed by atoms with Crippen LogP contribution in [0.3, 0.4) is 0 Å². The van der Waals surface area contributed by atoms with E-state index in [4.69, 9.17) is 10.4 Å². The summed E-state index contributed by atoms with van der Waals surface area (Å²) in [5.74, 6) is 0.130. The van der Waals surface area contributed by atoms with E-state index in [2.05, 4.69) is 11.0 Å². The third-order valence-corrected chi connectivity index (χ3v) is 3.80. The lowest BCUT2D eigenvalue weighted by atomic mass is 10.1. The minimum absolute atomic E-state index is 0.130. The first-order chi connectivity index (χ1) is 10.2. The second-order valence-corrected chi connectivity index (χ2v) is 5.29. The van der Waals surface area contributed by atoms with Gasteiger partial charge in [0.2, 0.25) is 5.91 Å². The molecule has 1 amide bonds. The Morgan fingerprint density at radius 2 is 1.95 bits per heavy atom. The molecule has 5 nitrogen and oxygen atoms in total. The first kappa shape index (κ1) is 15.5. The molecule has 1 fully saturated rings. The van der Waals surface area contributed by atoms with Crippen molar-refractivity contribution >= 4 is 5.91 Å². The van der Waals surface area contributed by atoms with Crippen molar-refractivity contribution in [2.24, 2.45) is 0 Å². The molecule has 0 radical (unpaired) electrons. The van der Waals surface area contributed by atoms with Gasteiger partial charge in [0, 0.05) is 26.2 Å². The van der Waals surface area contributed by atoms with E-state index in [-0.39, 0.29) is 12.5 Å². The Labute approximate surface area is 125 Å². The smallest absolute Gasteiger partial charge is 0.227 e. The first-order valence-electron chi connectivity index (χ1n) is 7.33. The highest BCUT2D eigenvalue weighted by Gasteiger charge is 2.18. The molecule has 1 aromatic rings. The van der Waals surface area contributed by atoms with E-state index in [1.165, 1.54) is 0 Å². The molecule has 0 aliphatic carbocycles. The van der Waals surface area contributed by atoms with Gasteiger partial charge in [-0.3, -0.25) is 9.69 Å². The molecule has 0 unspecified atom stereocenters. The number of nitrogens with zero attached hydrogens (tertiary/aromatic N) is 3. The predicted molar refractivity (Wildman–Crippen MR) is 79.6 cm³/mol. The van der Waals surface area contributed by atoms with Crippen LogP contribution in [0.4, 0.5) is 0 Å². The molecule has 0 spiro atoms. The molecule has 1 aliphatic rings. The third-order valence-electron chi connectivity index (χ3n) is 3.80. The van der Waals surface area contributed by atoms with E-state index < -0.39 is 0 Å². The fourth-order valence-electron chi connectivity index (χ4n) is 2.57. The van der Waals surface area contributed by atoms with Crippen molar-refractivity contribution in [3.8, 4) is 6.07 Å². The summed E-state index contributed by atoms with van der Waals surface area (Å²) in [6.45, 7) is 4.09. The first-order valence-corrected chi connectivity index (χ1v) is 7.33. The van der Waals surface area contributed by atoms with Gasteiger partial charge in [-0.2, -0.15) is 5.26 Å². The molecular formula is C16H21N3O2. The molecule has 0 saturated carbocycles. The third kappa shape index (κ3) is 4.55. The van der Waals surface area contributed by atoms with Crippen LogP contribution in [-0.4, -0.2) is 60.1 Å². The second kappa shape index (κ2) is 7.77. The Morgan fingerprint density at radius 3 is 2.62 bits per heavy atom. The molecule has 5 heteroatoms. The topological polar surface area (TPSA) is 67.6 Å². The van der Waals surface area contributed by atoms with Gasteiger partial charge in [-0.25, -0.2) is 0 Å². The molecule has 0 atom stereocenters. The Bertz CT molecular complexity index is 507. The molecule has 0 aromatic heterocycles. The highest BCUT2D eigenvalue weighted by molar-refractivity contribution is 5.78. The van der Waals surface area contributed by atoms with Crippen LogP contribution in [0, 0.1) is 11.3 Å². The van der Waals surface area contributed by atoms with Gasteiger partial charge in [-0.05, 0) is 30.7 Å². The van der Waals surface area contributed by atoms with E-state index in [0.717, 1.165) is 38.2 Å². The van der Waals surface area contributed by atoms with Crippen molar-refractivity contribution in [3.63, 3.8) is 0 Å². The Balaban J connectivity index is 1.89. The molecule has 1 N–H and O–H groups in total. The Kier molecular flexibility index (Phi) is 5.73. The quantitative estimate of drug-likeness (QED) is 0.882. The Hall–Kier alpha value is -1.90. The van der Waals surface area contributed by atoms with Gasteiger partial charge in [0.15, 0.2) is 0 Å². The predicted octanol–water partition coefficient (Wildman–Crippen LogP) is 0.627. The summed E-state index contributed by atoms with van der Waals surface area (Å²) < 4.78 is 0.